The second kappa shape index (κ2) is 10.4. The number of hydrogen-bond donors (Lipinski definition) is 3. The summed E-state index contributed by atoms with van der Waals surface area (Å²) in [5, 5.41) is 8.37. The van der Waals surface area contributed by atoms with Crippen LogP contribution in [0.2, 0.25) is 13.1 Å². The van der Waals surface area contributed by atoms with Gasteiger partial charge in [0.2, 0.25) is 5.91 Å². The van der Waals surface area contributed by atoms with Gasteiger partial charge in [-0.1, -0.05) is 37.1 Å². The van der Waals surface area contributed by atoms with Crippen molar-refractivity contribution in [2.24, 2.45) is 0 Å². The maximum atomic E-state index is 12.0. The van der Waals surface area contributed by atoms with E-state index in [0.717, 1.165) is 42.9 Å². The molecule has 0 spiro atoms. The molecule has 1 rings (SSSR count). The van der Waals surface area contributed by atoms with Gasteiger partial charge in [-0.15, -0.1) is 0 Å². The molecule has 0 fully saturated rings. The Hall–Kier alpha value is -1.50. The Balaban J connectivity index is 2.22. The quantitative estimate of drug-likeness (QED) is 0.248. The molecule has 3 N–H and O–H groups in total. The highest BCUT2D eigenvalue weighted by molar-refractivity contribution is 6.69. The van der Waals surface area contributed by atoms with Crippen LogP contribution >= 0.6 is 0 Å². The van der Waals surface area contributed by atoms with E-state index >= 15 is 0 Å². The van der Waals surface area contributed by atoms with Crippen LogP contribution in [0.1, 0.15) is 49.7 Å². The Morgan fingerprint density at radius 2 is 1.50 bits per heavy atom. The topological polar surface area (TPSA) is 86.6 Å². The van der Waals surface area contributed by atoms with Crippen molar-refractivity contribution >= 4 is 20.0 Å². The normalized spacial score (nSPS) is 11.3. The van der Waals surface area contributed by atoms with E-state index in [1.807, 2.05) is 37.4 Å². The predicted octanol–water partition coefficient (Wildman–Crippen LogP) is 2.92. The zero-order valence-corrected chi connectivity index (χ0v) is 15.7. The highest BCUT2D eigenvalue weighted by Gasteiger charge is 2.17. The molecule has 0 radical (unpaired) electrons. The molecule has 1 amide bonds. The van der Waals surface area contributed by atoms with E-state index in [2.05, 4.69) is 0 Å². The molecular weight excluding hydrogens is 322 g/mol. The summed E-state index contributed by atoms with van der Waals surface area (Å²) in [6.45, 7) is 3.83. The molecule has 5 nitrogen and oxygen atoms in total. The number of rotatable bonds is 11. The lowest BCUT2D eigenvalue weighted by molar-refractivity contribution is -0.129. The van der Waals surface area contributed by atoms with E-state index in [-0.39, 0.29) is 11.7 Å². The van der Waals surface area contributed by atoms with E-state index in [9.17, 15) is 14.4 Å². The minimum Gasteiger partial charge on any atom is -0.432 e. The molecule has 0 unspecified atom stereocenters. The van der Waals surface area contributed by atoms with Gasteiger partial charge in [0.05, 0.1) is 0 Å². The lowest BCUT2D eigenvalue weighted by Gasteiger charge is -2.13. The third-order valence-corrected chi connectivity index (χ3v) is 5.07. The van der Waals surface area contributed by atoms with E-state index in [1.54, 1.807) is 5.48 Å². The number of hydroxylamine groups is 1. The lowest BCUT2D eigenvalue weighted by Crippen LogP contribution is -2.28. The van der Waals surface area contributed by atoms with Gasteiger partial charge in [0, 0.05) is 19.3 Å². The minimum absolute atomic E-state index is 0.229. The standard InChI is InChI=1S/C18H29NO4Si/c1-24(2,23)14-16-11-9-15(10-12-16)13-17(20)7-5-3-4-6-8-18(21)19-22/h9-12,22-23H,3-8,13-14H2,1-2H3,(H,19,21). The monoisotopic (exact) mass is 351 g/mol. The van der Waals surface area contributed by atoms with E-state index in [0.29, 0.717) is 19.3 Å². The first kappa shape index (κ1) is 20.5. The highest BCUT2D eigenvalue weighted by atomic mass is 28.4. The van der Waals surface area contributed by atoms with Crippen molar-refractivity contribution in [3.8, 4) is 0 Å². The molecular formula is C18H29NO4Si. The first-order valence-electron chi connectivity index (χ1n) is 8.55. The van der Waals surface area contributed by atoms with Crippen LogP contribution in [0.25, 0.3) is 0 Å². The second-order valence-electron chi connectivity index (χ2n) is 6.97. The largest absolute Gasteiger partial charge is 0.432 e. The smallest absolute Gasteiger partial charge is 0.243 e. The van der Waals surface area contributed by atoms with Gasteiger partial charge >= 0.3 is 0 Å². The molecule has 0 atom stereocenters. The third kappa shape index (κ3) is 9.59. The van der Waals surface area contributed by atoms with E-state index in [1.165, 1.54) is 0 Å². The van der Waals surface area contributed by atoms with Gasteiger partial charge in [-0.25, -0.2) is 5.48 Å². The number of nitrogens with one attached hydrogen (secondary N) is 1. The molecule has 0 aliphatic heterocycles. The molecule has 0 aliphatic carbocycles. The molecule has 1 aromatic carbocycles. The van der Waals surface area contributed by atoms with Crippen molar-refractivity contribution in [1.82, 2.24) is 5.48 Å². The number of ketones is 1. The Morgan fingerprint density at radius 3 is 2.04 bits per heavy atom. The fourth-order valence-corrected chi connectivity index (χ4v) is 3.84. The zero-order chi connectivity index (χ0) is 18.0. The molecule has 1 aromatic rings. The fraction of sp³-hybridized carbons (Fsp3) is 0.556. The van der Waals surface area contributed by atoms with Gasteiger partial charge in [0.25, 0.3) is 0 Å². The summed E-state index contributed by atoms with van der Waals surface area (Å²) in [5.41, 5.74) is 3.75. The SMILES string of the molecule is C[Si](C)(O)Cc1ccc(CC(=O)CCCCCCC(=O)NO)cc1. The van der Waals surface area contributed by atoms with Crippen molar-refractivity contribution < 1.29 is 19.6 Å². The maximum Gasteiger partial charge on any atom is 0.243 e. The summed E-state index contributed by atoms with van der Waals surface area (Å²) in [7, 11) is -2.09. The first-order chi connectivity index (χ1) is 11.3. The van der Waals surface area contributed by atoms with Crippen molar-refractivity contribution in [3.05, 3.63) is 35.4 Å². The minimum atomic E-state index is -2.09. The Bertz CT molecular complexity index is 523. The summed E-state index contributed by atoms with van der Waals surface area (Å²) in [6, 6.07) is 8.68. The van der Waals surface area contributed by atoms with Crippen LogP contribution in [0.3, 0.4) is 0 Å². The van der Waals surface area contributed by atoms with Crippen LogP contribution in [0.4, 0.5) is 0 Å². The van der Waals surface area contributed by atoms with Gasteiger partial charge < -0.3 is 4.80 Å². The van der Waals surface area contributed by atoms with Crippen LogP contribution in [0.5, 0.6) is 0 Å². The molecule has 6 heteroatoms. The molecule has 0 saturated heterocycles. The predicted molar refractivity (Wildman–Crippen MR) is 96.2 cm³/mol. The average molecular weight is 352 g/mol. The lowest BCUT2D eigenvalue weighted by atomic mass is 10.0. The molecule has 0 aromatic heterocycles. The van der Waals surface area contributed by atoms with Crippen LogP contribution < -0.4 is 5.48 Å². The van der Waals surface area contributed by atoms with Crippen molar-refractivity contribution in [3.63, 3.8) is 0 Å². The van der Waals surface area contributed by atoms with E-state index < -0.39 is 8.32 Å². The zero-order valence-electron chi connectivity index (χ0n) is 14.7. The number of hydrogen-bond acceptors (Lipinski definition) is 4. The maximum absolute atomic E-state index is 12.0. The molecule has 0 aliphatic rings. The van der Waals surface area contributed by atoms with Gasteiger partial charge in [-0.2, -0.15) is 0 Å². The Morgan fingerprint density at radius 1 is 0.958 bits per heavy atom. The average Bonchev–Trinajstić information content (AvgIpc) is 2.51. The van der Waals surface area contributed by atoms with Crippen LogP contribution in [0.15, 0.2) is 24.3 Å². The summed E-state index contributed by atoms with van der Waals surface area (Å²) >= 11 is 0. The number of carbonyl (C=O) groups excluding carboxylic acids is 2. The van der Waals surface area contributed by atoms with Gasteiger partial charge in [0.15, 0.2) is 8.32 Å². The molecule has 0 saturated carbocycles. The fourth-order valence-electron chi connectivity index (χ4n) is 2.61. The second-order valence-corrected chi connectivity index (χ2v) is 10.9. The number of Topliss-reactive ketones (excluding diaryl/α,β-unsaturated/α-hetero) is 1. The summed E-state index contributed by atoms with van der Waals surface area (Å²) < 4.78 is 0. The van der Waals surface area contributed by atoms with Gasteiger partial charge in [0.1, 0.15) is 5.78 Å². The summed E-state index contributed by atoms with van der Waals surface area (Å²) in [4.78, 5) is 32.8. The van der Waals surface area contributed by atoms with Gasteiger partial charge in [-0.3, -0.25) is 14.8 Å². The highest BCUT2D eigenvalue weighted by Crippen LogP contribution is 2.13. The van der Waals surface area contributed by atoms with Crippen LogP contribution in [-0.4, -0.2) is 30.0 Å². The number of carbonyl (C=O) groups is 2. The summed E-state index contributed by atoms with van der Waals surface area (Å²) in [5.74, 6) is -0.130. The molecule has 24 heavy (non-hydrogen) atoms. The Kier molecular flexibility index (Phi) is 8.88. The molecule has 0 bridgehead atoms. The van der Waals surface area contributed by atoms with Crippen LogP contribution in [-0.2, 0) is 22.1 Å². The third-order valence-electron chi connectivity index (χ3n) is 3.80. The van der Waals surface area contributed by atoms with Crippen LogP contribution in [0, 0.1) is 0 Å². The van der Waals surface area contributed by atoms with Gasteiger partial charge in [-0.05, 0) is 43.1 Å². The van der Waals surface area contributed by atoms with Crippen molar-refractivity contribution in [2.45, 2.75) is 64.1 Å². The first-order valence-corrected chi connectivity index (χ1v) is 11.7. The van der Waals surface area contributed by atoms with E-state index in [4.69, 9.17) is 5.21 Å². The number of unbranched alkanes of at least 4 members (excludes halogenated alkanes) is 3. The molecule has 0 heterocycles. The number of amides is 1. The summed E-state index contributed by atoms with van der Waals surface area (Å²) in [6.07, 6.45) is 4.70. The van der Waals surface area contributed by atoms with Crippen molar-refractivity contribution in [1.29, 1.82) is 0 Å². The number of benzene rings is 1. The van der Waals surface area contributed by atoms with Crippen molar-refractivity contribution in [2.75, 3.05) is 0 Å². The Labute approximate surface area is 145 Å². The molecule has 134 valence electrons.